The van der Waals surface area contributed by atoms with Crippen molar-refractivity contribution in [3.05, 3.63) is 59.7 Å². The van der Waals surface area contributed by atoms with Crippen molar-refractivity contribution in [2.75, 3.05) is 37.6 Å². The summed E-state index contributed by atoms with van der Waals surface area (Å²) >= 11 is 0. The molecule has 1 N–H and O–H groups in total. The van der Waals surface area contributed by atoms with Crippen LogP contribution in [0.4, 0.5) is 5.95 Å². The number of rotatable bonds is 8. The molecule has 5 rings (SSSR count). The quantitative estimate of drug-likeness (QED) is 0.455. The predicted molar refractivity (Wildman–Crippen MR) is 147 cm³/mol. The van der Waals surface area contributed by atoms with E-state index in [0.717, 1.165) is 63.5 Å². The van der Waals surface area contributed by atoms with E-state index in [0.29, 0.717) is 6.04 Å². The lowest BCUT2D eigenvalue weighted by Crippen LogP contribution is -2.42. The summed E-state index contributed by atoms with van der Waals surface area (Å²) in [5.74, 6) is 1.35. The van der Waals surface area contributed by atoms with Crippen LogP contribution in [0.25, 0.3) is 11.0 Å². The van der Waals surface area contributed by atoms with Gasteiger partial charge in [0.1, 0.15) is 0 Å². The molecule has 0 aliphatic carbocycles. The number of nitrogens with zero attached hydrogens (tertiary/aromatic N) is 4. The lowest BCUT2D eigenvalue weighted by Gasteiger charge is -2.33. The van der Waals surface area contributed by atoms with Crippen LogP contribution in [-0.2, 0) is 11.3 Å². The number of aromatic nitrogens is 2. The van der Waals surface area contributed by atoms with Crippen LogP contribution in [0.15, 0.2) is 48.5 Å². The molecule has 0 radical (unpaired) electrons. The number of hydrogen-bond donors (Lipinski definition) is 1. The number of carbonyl (C=O) groups excluding carboxylic acids is 1. The molecule has 2 aliphatic rings. The Morgan fingerprint density at radius 1 is 1.00 bits per heavy atom. The Morgan fingerprint density at radius 2 is 1.78 bits per heavy atom. The van der Waals surface area contributed by atoms with Crippen molar-refractivity contribution in [2.45, 2.75) is 65.0 Å². The number of fused-ring (bicyclic) bond motifs is 1. The maximum Gasteiger partial charge on any atom is 0.223 e. The second kappa shape index (κ2) is 11.5. The van der Waals surface area contributed by atoms with Crippen LogP contribution < -0.4 is 10.2 Å². The zero-order chi connectivity index (χ0) is 24.9. The van der Waals surface area contributed by atoms with Crippen molar-refractivity contribution in [3.8, 4) is 0 Å². The van der Waals surface area contributed by atoms with Gasteiger partial charge >= 0.3 is 0 Å². The highest BCUT2D eigenvalue weighted by atomic mass is 16.1. The molecule has 0 spiro atoms. The van der Waals surface area contributed by atoms with Crippen LogP contribution in [0.3, 0.4) is 0 Å². The highest BCUT2D eigenvalue weighted by Crippen LogP contribution is 2.28. The molecule has 1 atom stereocenters. The molecule has 2 saturated heterocycles. The first-order chi connectivity index (χ1) is 17.6. The molecule has 192 valence electrons. The number of anilines is 1. The van der Waals surface area contributed by atoms with Gasteiger partial charge in [-0.15, -0.1) is 0 Å². The molecule has 6 nitrogen and oxygen atoms in total. The predicted octanol–water partition coefficient (Wildman–Crippen LogP) is 4.99. The van der Waals surface area contributed by atoms with Crippen LogP contribution in [0, 0.1) is 12.8 Å². The average Bonchev–Trinajstić information content (AvgIpc) is 3.27. The minimum absolute atomic E-state index is 0.101. The topological polar surface area (TPSA) is 53.4 Å². The molecule has 2 aromatic carbocycles. The van der Waals surface area contributed by atoms with Gasteiger partial charge in [0.2, 0.25) is 11.9 Å². The number of likely N-dealkylation sites (tertiary alicyclic amines) is 1. The summed E-state index contributed by atoms with van der Waals surface area (Å²) < 4.78 is 2.35. The van der Waals surface area contributed by atoms with Crippen LogP contribution in [0.2, 0.25) is 0 Å². The van der Waals surface area contributed by atoms with Crippen LogP contribution >= 0.6 is 0 Å². The van der Waals surface area contributed by atoms with Gasteiger partial charge in [0.15, 0.2) is 0 Å². The third kappa shape index (κ3) is 5.59. The number of para-hydroxylation sites is 2. The van der Waals surface area contributed by atoms with E-state index in [1.807, 2.05) is 0 Å². The number of piperidine rings is 2. The van der Waals surface area contributed by atoms with Gasteiger partial charge in [0.05, 0.1) is 17.6 Å². The SMILES string of the molecule is Cc1ccccc1Cn1c(N2CCC(C(=O)NCCCN3CCCC[C@@H]3C)CC2)nc2ccccc21. The first-order valence-corrected chi connectivity index (χ1v) is 13.9. The largest absolute Gasteiger partial charge is 0.356 e. The zero-order valence-corrected chi connectivity index (χ0v) is 22.0. The minimum atomic E-state index is 0.101. The minimum Gasteiger partial charge on any atom is -0.356 e. The van der Waals surface area contributed by atoms with Crippen molar-refractivity contribution in [1.29, 1.82) is 0 Å². The van der Waals surface area contributed by atoms with E-state index in [1.165, 1.54) is 42.5 Å². The molecule has 2 fully saturated rings. The van der Waals surface area contributed by atoms with E-state index in [-0.39, 0.29) is 11.8 Å². The number of hydrogen-bond acceptors (Lipinski definition) is 4. The molecular formula is C30H41N5O. The van der Waals surface area contributed by atoms with Crippen LogP contribution in [0.1, 0.15) is 56.6 Å². The number of aryl methyl sites for hydroxylation is 1. The summed E-state index contributed by atoms with van der Waals surface area (Å²) in [7, 11) is 0. The smallest absolute Gasteiger partial charge is 0.223 e. The molecular weight excluding hydrogens is 446 g/mol. The van der Waals surface area contributed by atoms with Crippen LogP contribution in [0.5, 0.6) is 0 Å². The number of imidazole rings is 1. The van der Waals surface area contributed by atoms with E-state index in [1.54, 1.807) is 0 Å². The van der Waals surface area contributed by atoms with E-state index in [4.69, 9.17) is 4.98 Å². The second-order valence-corrected chi connectivity index (χ2v) is 10.7. The third-order valence-electron chi connectivity index (χ3n) is 8.23. The number of amides is 1. The molecule has 1 aromatic heterocycles. The number of nitrogens with one attached hydrogen (secondary N) is 1. The normalized spacial score (nSPS) is 19.6. The molecule has 36 heavy (non-hydrogen) atoms. The fourth-order valence-corrected chi connectivity index (χ4v) is 5.89. The molecule has 0 bridgehead atoms. The molecule has 2 aliphatic heterocycles. The first-order valence-electron chi connectivity index (χ1n) is 13.9. The highest BCUT2D eigenvalue weighted by Gasteiger charge is 2.28. The average molecular weight is 488 g/mol. The fraction of sp³-hybridized carbons (Fsp3) is 0.533. The number of benzene rings is 2. The Morgan fingerprint density at radius 3 is 2.58 bits per heavy atom. The van der Waals surface area contributed by atoms with Gasteiger partial charge in [-0.25, -0.2) is 4.98 Å². The summed E-state index contributed by atoms with van der Waals surface area (Å²) in [5, 5.41) is 3.23. The van der Waals surface area contributed by atoms with Gasteiger partial charge in [-0.3, -0.25) is 4.79 Å². The van der Waals surface area contributed by atoms with Gasteiger partial charge in [-0.2, -0.15) is 0 Å². The lowest BCUT2D eigenvalue weighted by molar-refractivity contribution is -0.125. The lowest BCUT2D eigenvalue weighted by atomic mass is 9.96. The summed E-state index contributed by atoms with van der Waals surface area (Å²) in [6.07, 6.45) is 6.77. The summed E-state index contributed by atoms with van der Waals surface area (Å²) in [4.78, 5) is 22.9. The van der Waals surface area contributed by atoms with E-state index >= 15 is 0 Å². The molecule has 0 unspecified atom stereocenters. The van der Waals surface area contributed by atoms with Crippen molar-refractivity contribution in [1.82, 2.24) is 19.8 Å². The molecule has 0 saturated carbocycles. The Bertz CT molecular complexity index is 1160. The van der Waals surface area contributed by atoms with Gasteiger partial charge in [-0.1, -0.05) is 42.8 Å². The van der Waals surface area contributed by atoms with Crippen molar-refractivity contribution in [2.24, 2.45) is 5.92 Å². The molecule has 1 amide bonds. The second-order valence-electron chi connectivity index (χ2n) is 10.7. The van der Waals surface area contributed by atoms with Crippen molar-refractivity contribution in [3.63, 3.8) is 0 Å². The van der Waals surface area contributed by atoms with E-state index < -0.39 is 0 Å². The highest BCUT2D eigenvalue weighted by molar-refractivity contribution is 5.80. The number of carbonyl (C=O) groups is 1. The molecule has 3 aromatic rings. The summed E-state index contributed by atoms with van der Waals surface area (Å²) in [6, 6.07) is 17.7. The van der Waals surface area contributed by atoms with Gasteiger partial charge in [0.25, 0.3) is 0 Å². The summed E-state index contributed by atoms with van der Waals surface area (Å²) in [5.41, 5.74) is 4.81. The van der Waals surface area contributed by atoms with Crippen molar-refractivity contribution < 1.29 is 4.79 Å². The van der Waals surface area contributed by atoms with Crippen molar-refractivity contribution >= 4 is 22.9 Å². The first kappa shape index (κ1) is 24.8. The Balaban J connectivity index is 1.18. The third-order valence-corrected chi connectivity index (χ3v) is 8.23. The molecule has 6 heteroatoms. The zero-order valence-electron chi connectivity index (χ0n) is 22.0. The monoisotopic (exact) mass is 487 g/mol. The van der Waals surface area contributed by atoms with E-state index in [9.17, 15) is 4.79 Å². The standard InChI is InChI=1S/C30H41N5O/c1-23-10-3-4-12-26(23)22-35-28-14-6-5-13-27(28)32-30(35)34-20-15-25(16-21-34)29(36)31-17-9-19-33-18-8-7-11-24(33)2/h3-6,10,12-14,24-25H,7-9,11,15-22H2,1-2H3,(H,31,36)/t24-/m0/s1. The fourth-order valence-electron chi connectivity index (χ4n) is 5.89. The Hall–Kier alpha value is -2.86. The van der Waals surface area contributed by atoms with Gasteiger partial charge < -0.3 is 19.7 Å². The Kier molecular flexibility index (Phi) is 7.90. The Labute approximate surface area is 215 Å². The van der Waals surface area contributed by atoms with Crippen LogP contribution in [-0.4, -0.2) is 59.1 Å². The maximum absolute atomic E-state index is 12.9. The van der Waals surface area contributed by atoms with E-state index in [2.05, 4.69) is 82.1 Å². The summed E-state index contributed by atoms with van der Waals surface area (Å²) in [6.45, 7) is 10.1. The molecule has 3 heterocycles. The maximum atomic E-state index is 12.9. The van der Waals surface area contributed by atoms with Gasteiger partial charge in [0, 0.05) is 38.1 Å². The van der Waals surface area contributed by atoms with Gasteiger partial charge in [-0.05, 0) is 75.8 Å².